The maximum atomic E-state index is 12.7. The molecule has 5 heteroatoms. The average Bonchev–Trinajstić information content (AvgIpc) is 2.99. The molecule has 2 bridgehead atoms. The van der Waals surface area contributed by atoms with Crippen molar-refractivity contribution in [2.24, 2.45) is 5.92 Å². The van der Waals surface area contributed by atoms with Crippen molar-refractivity contribution in [3.63, 3.8) is 0 Å². The molecule has 5 nitrogen and oxygen atoms in total. The molecule has 4 heterocycles. The highest BCUT2D eigenvalue weighted by molar-refractivity contribution is 5.98. The van der Waals surface area contributed by atoms with E-state index >= 15 is 0 Å². The van der Waals surface area contributed by atoms with Crippen molar-refractivity contribution in [1.29, 1.82) is 0 Å². The molecule has 2 atom stereocenters. The van der Waals surface area contributed by atoms with Gasteiger partial charge in [0.25, 0.3) is 5.91 Å². The number of para-hydroxylation sites is 1. The van der Waals surface area contributed by atoms with Crippen molar-refractivity contribution in [1.82, 2.24) is 10.2 Å². The monoisotopic (exact) mass is 302 g/mol. The van der Waals surface area contributed by atoms with E-state index in [4.69, 9.17) is 9.47 Å². The highest BCUT2D eigenvalue weighted by Gasteiger charge is 2.36. The Balaban J connectivity index is 1.51. The highest BCUT2D eigenvalue weighted by Crippen LogP contribution is 2.38. The van der Waals surface area contributed by atoms with Gasteiger partial charge in [0.05, 0.1) is 5.56 Å². The number of rotatable bonds is 3. The van der Waals surface area contributed by atoms with E-state index in [1.165, 1.54) is 25.9 Å². The fourth-order valence-corrected chi connectivity index (χ4v) is 3.75. The van der Waals surface area contributed by atoms with Gasteiger partial charge in [0.2, 0.25) is 6.29 Å². The van der Waals surface area contributed by atoms with Gasteiger partial charge < -0.3 is 19.7 Å². The van der Waals surface area contributed by atoms with Crippen LogP contribution in [0.5, 0.6) is 11.5 Å². The van der Waals surface area contributed by atoms with Crippen LogP contribution in [0.3, 0.4) is 0 Å². The van der Waals surface area contributed by atoms with Gasteiger partial charge >= 0.3 is 0 Å². The quantitative estimate of drug-likeness (QED) is 0.928. The third-order valence-corrected chi connectivity index (χ3v) is 5.04. The third-order valence-electron chi connectivity index (χ3n) is 5.04. The van der Waals surface area contributed by atoms with Gasteiger partial charge in [0.15, 0.2) is 11.5 Å². The third kappa shape index (κ3) is 2.33. The first kappa shape index (κ1) is 13.9. The van der Waals surface area contributed by atoms with E-state index < -0.39 is 0 Å². The van der Waals surface area contributed by atoms with Gasteiger partial charge in [-0.15, -0.1) is 0 Å². The summed E-state index contributed by atoms with van der Waals surface area (Å²) in [5.74, 6) is 1.84. The predicted molar refractivity (Wildman–Crippen MR) is 82.2 cm³/mol. The van der Waals surface area contributed by atoms with E-state index in [1.807, 2.05) is 25.1 Å². The smallest absolute Gasteiger partial charge is 0.255 e. The Bertz CT molecular complexity index is 581. The molecular weight excluding hydrogens is 280 g/mol. The number of nitrogens with zero attached hydrogens (tertiary/aromatic N) is 1. The van der Waals surface area contributed by atoms with Crippen LogP contribution >= 0.6 is 0 Å². The molecule has 118 valence electrons. The molecule has 1 unspecified atom stereocenters. The Morgan fingerprint density at radius 2 is 2.14 bits per heavy atom. The van der Waals surface area contributed by atoms with Crippen LogP contribution < -0.4 is 14.8 Å². The molecule has 4 aliphatic heterocycles. The standard InChI is InChI=1S/C17H22N2O3/c1-2-15-21-14-5-3-4-12(16(14)22-15)17(20)18-13-10-19-8-6-11(13)7-9-19/h3-5,11,13,15H,2,6-10H2,1H3,(H,18,20)/t13-,15?/m0/s1. The molecule has 5 rings (SSSR count). The minimum Gasteiger partial charge on any atom is -0.451 e. The van der Waals surface area contributed by atoms with Crippen LogP contribution in [0, 0.1) is 5.92 Å². The number of amides is 1. The van der Waals surface area contributed by atoms with Crippen LogP contribution in [0.1, 0.15) is 36.5 Å². The molecule has 0 aliphatic carbocycles. The van der Waals surface area contributed by atoms with Crippen LogP contribution in [-0.2, 0) is 0 Å². The normalized spacial score (nSPS) is 32.0. The van der Waals surface area contributed by atoms with Crippen molar-refractivity contribution in [2.75, 3.05) is 19.6 Å². The Kier molecular flexibility index (Phi) is 3.45. The summed E-state index contributed by atoms with van der Waals surface area (Å²) in [7, 11) is 0. The maximum absolute atomic E-state index is 12.7. The lowest BCUT2D eigenvalue weighted by Gasteiger charge is -2.44. The van der Waals surface area contributed by atoms with Crippen molar-refractivity contribution in [3.8, 4) is 11.5 Å². The van der Waals surface area contributed by atoms with Gasteiger partial charge in [0, 0.05) is 19.0 Å². The van der Waals surface area contributed by atoms with Crippen molar-refractivity contribution in [3.05, 3.63) is 23.8 Å². The number of ether oxygens (including phenoxy) is 2. The molecule has 3 fully saturated rings. The van der Waals surface area contributed by atoms with Gasteiger partial charge in [-0.2, -0.15) is 0 Å². The van der Waals surface area contributed by atoms with E-state index in [9.17, 15) is 4.79 Å². The van der Waals surface area contributed by atoms with Gasteiger partial charge in [0.1, 0.15) is 0 Å². The van der Waals surface area contributed by atoms with Gasteiger partial charge in [-0.05, 0) is 44.0 Å². The summed E-state index contributed by atoms with van der Waals surface area (Å²) in [6, 6.07) is 5.79. The van der Waals surface area contributed by atoms with Crippen molar-refractivity contribution < 1.29 is 14.3 Å². The largest absolute Gasteiger partial charge is 0.451 e. The molecule has 0 aromatic heterocycles. The van der Waals surface area contributed by atoms with Gasteiger partial charge in [-0.25, -0.2) is 0 Å². The first-order chi connectivity index (χ1) is 10.7. The number of fused-ring (bicyclic) bond motifs is 4. The molecule has 3 saturated heterocycles. The van der Waals surface area contributed by atoms with E-state index in [1.54, 1.807) is 0 Å². The molecule has 1 amide bonds. The second-order valence-corrected chi connectivity index (χ2v) is 6.42. The summed E-state index contributed by atoms with van der Waals surface area (Å²) in [6.07, 6.45) is 2.86. The zero-order chi connectivity index (χ0) is 15.1. The second-order valence-electron chi connectivity index (χ2n) is 6.42. The van der Waals surface area contributed by atoms with E-state index in [0.29, 0.717) is 23.0 Å². The molecule has 0 radical (unpaired) electrons. The lowest BCUT2D eigenvalue weighted by molar-refractivity contribution is 0.0454. The summed E-state index contributed by atoms with van der Waals surface area (Å²) in [5, 5.41) is 3.21. The molecule has 1 aromatic rings. The van der Waals surface area contributed by atoms with E-state index in [2.05, 4.69) is 10.2 Å². The minimum absolute atomic E-state index is 0.0454. The number of carbonyl (C=O) groups is 1. The Labute approximate surface area is 130 Å². The minimum atomic E-state index is -0.277. The van der Waals surface area contributed by atoms with Crippen LogP contribution in [-0.4, -0.2) is 42.8 Å². The van der Waals surface area contributed by atoms with E-state index in [0.717, 1.165) is 13.0 Å². The fourth-order valence-electron chi connectivity index (χ4n) is 3.75. The summed E-state index contributed by atoms with van der Waals surface area (Å²) in [4.78, 5) is 15.1. The van der Waals surface area contributed by atoms with Crippen molar-refractivity contribution in [2.45, 2.75) is 38.5 Å². The molecule has 0 saturated carbocycles. The predicted octanol–water partition coefficient (Wildman–Crippen LogP) is 2.02. The fraction of sp³-hybridized carbons (Fsp3) is 0.588. The second kappa shape index (κ2) is 5.47. The highest BCUT2D eigenvalue weighted by atomic mass is 16.7. The first-order valence-corrected chi connectivity index (χ1v) is 8.24. The molecular formula is C17H22N2O3. The summed E-state index contributed by atoms with van der Waals surface area (Å²) in [6.45, 7) is 5.32. The topological polar surface area (TPSA) is 50.8 Å². The molecule has 4 aliphatic rings. The Morgan fingerprint density at radius 1 is 1.32 bits per heavy atom. The molecule has 1 N–H and O–H groups in total. The van der Waals surface area contributed by atoms with E-state index in [-0.39, 0.29) is 18.2 Å². The number of carbonyl (C=O) groups excluding carboxylic acids is 1. The van der Waals surface area contributed by atoms with Crippen LogP contribution in [0.4, 0.5) is 0 Å². The lowest BCUT2D eigenvalue weighted by atomic mass is 9.84. The zero-order valence-electron chi connectivity index (χ0n) is 12.9. The maximum Gasteiger partial charge on any atom is 0.255 e. The van der Waals surface area contributed by atoms with Gasteiger partial charge in [-0.1, -0.05) is 13.0 Å². The number of hydrogen-bond donors (Lipinski definition) is 1. The van der Waals surface area contributed by atoms with Crippen LogP contribution in [0.2, 0.25) is 0 Å². The first-order valence-electron chi connectivity index (χ1n) is 8.24. The lowest BCUT2D eigenvalue weighted by Crippen LogP contribution is -2.57. The number of piperidine rings is 3. The summed E-state index contributed by atoms with van der Waals surface area (Å²) < 4.78 is 11.4. The zero-order valence-corrected chi connectivity index (χ0v) is 12.9. The summed E-state index contributed by atoms with van der Waals surface area (Å²) >= 11 is 0. The summed E-state index contributed by atoms with van der Waals surface area (Å²) in [5.41, 5.74) is 0.588. The number of hydrogen-bond acceptors (Lipinski definition) is 4. The molecule has 22 heavy (non-hydrogen) atoms. The SMILES string of the molecule is CCC1Oc2cccc(C(=O)N[C@H]3CN4CCC3CC4)c2O1. The Hall–Kier alpha value is -1.75. The number of nitrogens with one attached hydrogen (secondary N) is 1. The van der Waals surface area contributed by atoms with Crippen molar-refractivity contribution >= 4 is 5.91 Å². The number of benzene rings is 1. The van der Waals surface area contributed by atoms with Gasteiger partial charge in [-0.3, -0.25) is 4.79 Å². The molecule has 0 spiro atoms. The van der Waals surface area contributed by atoms with Crippen LogP contribution in [0.25, 0.3) is 0 Å². The average molecular weight is 302 g/mol. The Morgan fingerprint density at radius 3 is 2.82 bits per heavy atom. The van der Waals surface area contributed by atoms with Crippen LogP contribution in [0.15, 0.2) is 18.2 Å². The molecule has 1 aromatic carbocycles.